The molecule has 2 N–H and O–H groups in total. The normalized spacial score (nSPS) is 11.8. The predicted molar refractivity (Wildman–Crippen MR) is 106 cm³/mol. The van der Waals surface area contributed by atoms with Crippen LogP contribution < -0.4 is 11.2 Å². The Kier molecular flexibility index (Phi) is 4.83. The molecule has 0 radical (unpaired) electrons. The van der Waals surface area contributed by atoms with Gasteiger partial charge in [-0.05, 0) is 36.2 Å². The Morgan fingerprint density at radius 2 is 1.54 bits per heavy atom. The molecule has 26 heavy (non-hydrogen) atoms. The number of likely N-dealkylation sites (N-methyl/N-ethyl adjacent to an activating group) is 1. The molecule has 0 aliphatic heterocycles. The monoisotopic (exact) mass is 351 g/mol. The van der Waals surface area contributed by atoms with Crippen molar-refractivity contribution in [2.24, 2.45) is 11.1 Å². The van der Waals surface area contributed by atoms with Gasteiger partial charge in [-0.2, -0.15) is 0 Å². The molecule has 3 aromatic rings. The van der Waals surface area contributed by atoms with Crippen LogP contribution in [-0.4, -0.2) is 35.5 Å². The molecule has 0 bridgehead atoms. The molecule has 136 valence electrons. The molecule has 0 unspecified atom stereocenters. The highest BCUT2D eigenvalue weighted by molar-refractivity contribution is 5.94. The van der Waals surface area contributed by atoms with Crippen molar-refractivity contribution in [1.82, 2.24) is 9.47 Å². The second kappa shape index (κ2) is 6.92. The van der Waals surface area contributed by atoms with E-state index in [0.29, 0.717) is 23.9 Å². The number of rotatable bonds is 5. The lowest BCUT2D eigenvalue weighted by atomic mass is 9.93. The number of nitrogens with two attached hydrogens (primary N) is 1. The highest BCUT2D eigenvalue weighted by atomic mass is 16.2. The second-order valence-electron chi connectivity index (χ2n) is 7.57. The fourth-order valence-electron chi connectivity index (χ4n) is 3.30. The third kappa shape index (κ3) is 3.35. The van der Waals surface area contributed by atoms with Crippen LogP contribution in [-0.2, 0) is 11.3 Å². The van der Waals surface area contributed by atoms with E-state index in [1.54, 1.807) is 11.9 Å². The van der Waals surface area contributed by atoms with Gasteiger partial charge in [0, 0.05) is 24.4 Å². The lowest BCUT2D eigenvalue weighted by molar-refractivity contribution is -0.131. The van der Waals surface area contributed by atoms with Crippen LogP contribution in [0, 0.1) is 5.41 Å². The fourth-order valence-corrected chi connectivity index (χ4v) is 3.30. The van der Waals surface area contributed by atoms with Gasteiger partial charge in [-0.15, -0.1) is 0 Å². The molecule has 0 atom stereocenters. The smallest absolute Gasteiger partial charge is 0.242 e. The minimum absolute atomic E-state index is 0.00230. The Bertz CT molecular complexity index is 961. The average Bonchev–Trinajstić information content (AvgIpc) is 2.64. The quantitative estimate of drug-likeness (QED) is 0.719. The number of para-hydroxylation sites is 2. The van der Waals surface area contributed by atoms with Crippen molar-refractivity contribution in [3.63, 3.8) is 0 Å². The van der Waals surface area contributed by atoms with E-state index in [9.17, 15) is 9.59 Å². The first-order valence-electron chi connectivity index (χ1n) is 8.78. The minimum Gasteiger partial charge on any atom is -0.344 e. The zero-order chi connectivity index (χ0) is 18.9. The van der Waals surface area contributed by atoms with Gasteiger partial charge in [-0.3, -0.25) is 9.59 Å². The number of hydrogen-bond acceptors (Lipinski definition) is 3. The number of carbonyl (C=O) groups excluding carboxylic acids is 1. The molecule has 0 aliphatic rings. The van der Waals surface area contributed by atoms with Gasteiger partial charge in [-0.1, -0.05) is 38.1 Å². The van der Waals surface area contributed by atoms with Gasteiger partial charge >= 0.3 is 0 Å². The van der Waals surface area contributed by atoms with Gasteiger partial charge < -0.3 is 15.2 Å². The molecule has 0 saturated heterocycles. The lowest BCUT2D eigenvalue weighted by Crippen LogP contribution is -2.41. The fraction of sp³-hybridized carbons (Fsp3) is 0.333. The van der Waals surface area contributed by atoms with Crippen LogP contribution in [0.1, 0.15) is 13.8 Å². The van der Waals surface area contributed by atoms with E-state index in [1.807, 2.05) is 66.9 Å². The van der Waals surface area contributed by atoms with Crippen LogP contribution in [0.5, 0.6) is 0 Å². The van der Waals surface area contributed by atoms with Crippen molar-refractivity contribution in [3.05, 3.63) is 58.8 Å². The van der Waals surface area contributed by atoms with E-state index in [0.717, 1.165) is 11.0 Å². The molecule has 0 aliphatic carbocycles. The standard InChI is InChI=1S/C21H25N3O2/c1-21(2,13-22)14-23(3)19(25)12-24-17-10-6-4-8-15(17)20(26)16-9-5-7-11-18(16)24/h4-11H,12-14,22H2,1-3H3. The molecule has 0 spiro atoms. The topological polar surface area (TPSA) is 68.3 Å². The molecule has 0 saturated carbocycles. The maximum atomic E-state index is 12.9. The summed E-state index contributed by atoms with van der Waals surface area (Å²) in [4.78, 5) is 27.3. The number of aromatic nitrogens is 1. The number of amides is 1. The van der Waals surface area contributed by atoms with Gasteiger partial charge in [0.1, 0.15) is 6.54 Å². The van der Waals surface area contributed by atoms with Gasteiger partial charge in [-0.25, -0.2) is 0 Å². The molecule has 2 aromatic carbocycles. The van der Waals surface area contributed by atoms with Crippen LogP contribution >= 0.6 is 0 Å². The van der Waals surface area contributed by atoms with E-state index in [4.69, 9.17) is 5.73 Å². The average molecular weight is 351 g/mol. The third-order valence-electron chi connectivity index (χ3n) is 4.82. The van der Waals surface area contributed by atoms with Gasteiger partial charge in [0.2, 0.25) is 5.91 Å². The van der Waals surface area contributed by atoms with Crippen molar-refractivity contribution in [2.45, 2.75) is 20.4 Å². The molecule has 5 heteroatoms. The van der Waals surface area contributed by atoms with Crippen molar-refractivity contribution in [3.8, 4) is 0 Å². The second-order valence-corrected chi connectivity index (χ2v) is 7.57. The van der Waals surface area contributed by atoms with Gasteiger partial charge in [0.15, 0.2) is 5.43 Å². The number of hydrogen-bond donors (Lipinski definition) is 1. The zero-order valence-corrected chi connectivity index (χ0v) is 15.5. The number of carbonyl (C=O) groups is 1. The molecule has 1 aromatic heterocycles. The van der Waals surface area contributed by atoms with Crippen molar-refractivity contribution in [2.75, 3.05) is 20.1 Å². The Morgan fingerprint density at radius 1 is 1.04 bits per heavy atom. The zero-order valence-electron chi connectivity index (χ0n) is 15.5. The first-order chi connectivity index (χ1) is 12.3. The Labute approximate surface area is 153 Å². The van der Waals surface area contributed by atoms with Crippen LogP contribution in [0.25, 0.3) is 21.8 Å². The molecule has 1 heterocycles. The largest absolute Gasteiger partial charge is 0.344 e. The Balaban J connectivity index is 2.08. The van der Waals surface area contributed by atoms with Crippen molar-refractivity contribution in [1.29, 1.82) is 0 Å². The van der Waals surface area contributed by atoms with E-state index in [2.05, 4.69) is 0 Å². The summed E-state index contributed by atoms with van der Waals surface area (Å²) in [6.45, 7) is 5.35. The van der Waals surface area contributed by atoms with Crippen LogP contribution in [0.2, 0.25) is 0 Å². The molecule has 3 rings (SSSR count). The summed E-state index contributed by atoms with van der Waals surface area (Å²) < 4.78 is 1.93. The van der Waals surface area contributed by atoms with Crippen LogP contribution in [0.4, 0.5) is 0 Å². The summed E-state index contributed by atoms with van der Waals surface area (Å²) in [7, 11) is 1.80. The summed E-state index contributed by atoms with van der Waals surface area (Å²) >= 11 is 0. The third-order valence-corrected chi connectivity index (χ3v) is 4.82. The summed E-state index contributed by atoms with van der Waals surface area (Å²) in [6.07, 6.45) is 0. The Hall–Kier alpha value is -2.66. The highest BCUT2D eigenvalue weighted by Crippen LogP contribution is 2.20. The first-order valence-corrected chi connectivity index (χ1v) is 8.78. The van der Waals surface area contributed by atoms with Crippen molar-refractivity contribution >= 4 is 27.7 Å². The number of nitrogens with zero attached hydrogens (tertiary/aromatic N) is 2. The van der Waals surface area contributed by atoms with E-state index < -0.39 is 0 Å². The summed E-state index contributed by atoms with van der Waals surface area (Å²) in [5.74, 6) is -0.00881. The minimum atomic E-state index is -0.141. The number of fused-ring (bicyclic) bond motifs is 2. The van der Waals surface area contributed by atoms with Crippen LogP contribution in [0.15, 0.2) is 53.3 Å². The summed E-state index contributed by atoms with van der Waals surface area (Å²) in [5.41, 5.74) is 7.20. The predicted octanol–water partition coefficient (Wildman–Crippen LogP) is 2.60. The first kappa shape index (κ1) is 18.1. The molecular weight excluding hydrogens is 326 g/mol. The summed E-state index contributed by atoms with van der Waals surface area (Å²) in [5, 5.41) is 1.26. The Morgan fingerprint density at radius 3 is 2.04 bits per heavy atom. The maximum Gasteiger partial charge on any atom is 0.242 e. The van der Waals surface area contributed by atoms with E-state index >= 15 is 0 Å². The molecular formula is C21H25N3O2. The molecule has 0 fully saturated rings. The SMILES string of the molecule is CN(CC(C)(C)CN)C(=O)Cn1c2ccccc2c(=O)c2ccccc21. The summed E-state index contributed by atoms with van der Waals surface area (Å²) in [6, 6.07) is 14.9. The van der Waals surface area contributed by atoms with E-state index in [1.165, 1.54) is 0 Å². The molecule has 1 amide bonds. The van der Waals surface area contributed by atoms with Gasteiger partial charge in [0.25, 0.3) is 0 Å². The van der Waals surface area contributed by atoms with Crippen molar-refractivity contribution < 1.29 is 4.79 Å². The number of pyridine rings is 1. The number of benzene rings is 2. The van der Waals surface area contributed by atoms with Crippen LogP contribution in [0.3, 0.4) is 0 Å². The highest BCUT2D eigenvalue weighted by Gasteiger charge is 2.22. The lowest BCUT2D eigenvalue weighted by Gasteiger charge is -2.29. The van der Waals surface area contributed by atoms with Gasteiger partial charge in [0.05, 0.1) is 11.0 Å². The molecule has 5 nitrogen and oxygen atoms in total. The van der Waals surface area contributed by atoms with E-state index in [-0.39, 0.29) is 23.3 Å². The maximum absolute atomic E-state index is 12.9.